The lowest BCUT2D eigenvalue weighted by atomic mass is 10.2. The number of pyridine rings is 4. The molecule has 4 aromatic rings. The van der Waals surface area contributed by atoms with Crippen LogP contribution in [0.3, 0.4) is 0 Å². The topological polar surface area (TPSA) is 51.6 Å². The van der Waals surface area contributed by atoms with Gasteiger partial charge in [0.05, 0.1) is 0 Å². The summed E-state index contributed by atoms with van der Waals surface area (Å²) in [4.78, 5) is 16.0. The maximum Gasteiger partial charge on any atom is 0.0401 e. The van der Waals surface area contributed by atoms with Crippen LogP contribution in [-0.2, 0) is 0 Å². The number of aryl methyl sites for hydroxylation is 8. The quantitative estimate of drug-likeness (QED) is 0.309. The molecule has 0 unspecified atom stereocenters. The maximum atomic E-state index is 4.08. The van der Waals surface area contributed by atoms with Gasteiger partial charge in [0, 0.05) is 48.6 Å². The molecule has 0 saturated carbocycles. The minimum absolute atomic E-state index is 1.12. The normalized spacial score (nSPS) is 9.25. The fraction of sp³-hybridized carbons (Fsp3) is 0.286. The van der Waals surface area contributed by atoms with Crippen LogP contribution in [0.4, 0.5) is 0 Å². The average molecular weight is 429 g/mol. The minimum atomic E-state index is 1.12. The molecule has 0 aliphatic heterocycles. The largest absolute Gasteiger partial charge is 0.264 e. The van der Waals surface area contributed by atoms with Crippen molar-refractivity contribution in [2.24, 2.45) is 0 Å². The Morgan fingerprint density at radius 3 is 0.969 bits per heavy atom. The zero-order valence-corrected chi connectivity index (χ0v) is 20.7. The van der Waals surface area contributed by atoms with Gasteiger partial charge in [0.2, 0.25) is 0 Å². The van der Waals surface area contributed by atoms with E-state index in [0.717, 1.165) is 11.4 Å². The number of aromatic nitrogens is 4. The van der Waals surface area contributed by atoms with E-state index in [1.54, 1.807) is 0 Å². The second kappa shape index (κ2) is 14.6. The predicted molar refractivity (Wildman–Crippen MR) is 135 cm³/mol. The molecule has 0 amide bonds. The number of hydrogen-bond acceptors (Lipinski definition) is 4. The summed E-state index contributed by atoms with van der Waals surface area (Å²) in [5.74, 6) is 0. The average Bonchev–Trinajstić information content (AvgIpc) is 2.78. The molecule has 0 fully saturated rings. The molecular formula is C28H36N4. The Morgan fingerprint density at radius 2 is 0.781 bits per heavy atom. The van der Waals surface area contributed by atoms with Crippen molar-refractivity contribution in [3.63, 3.8) is 0 Å². The van der Waals surface area contributed by atoms with E-state index in [1.165, 1.54) is 33.4 Å². The first-order chi connectivity index (χ1) is 15.2. The molecule has 0 spiro atoms. The summed E-state index contributed by atoms with van der Waals surface area (Å²) in [5, 5.41) is 0. The van der Waals surface area contributed by atoms with Crippen LogP contribution in [0.2, 0.25) is 0 Å². The molecule has 4 aromatic heterocycles. The Kier molecular flexibility index (Phi) is 12.1. The van der Waals surface area contributed by atoms with Crippen molar-refractivity contribution in [1.29, 1.82) is 0 Å². The van der Waals surface area contributed by atoms with E-state index in [9.17, 15) is 0 Å². The van der Waals surface area contributed by atoms with E-state index >= 15 is 0 Å². The number of rotatable bonds is 0. The van der Waals surface area contributed by atoms with Gasteiger partial charge in [-0.1, -0.05) is 12.1 Å². The van der Waals surface area contributed by atoms with Crippen molar-refractivity contribution in [3.05, 3.63) is 118 Å². The van der Waals surface area contributed by atoms with Gasteiger partial charge in [0.25, 0.3) is 0 Å². The molecule has 4 heteroatoms. The highest BCUT2D eigenvalue weighted by molar-refractivity contribution is 5.19. The summed E-state index contributed by atoms with van der Waals surface area (Å²) in [6.45, 7) is 16.4. The third-order valence-corrected chi connectivity index (χ3v) is 5.14. The van der Waals surface area contributed by atoms with Crippen molar-refractivity contribution >= 4 is 0 Å². The first kappa shape index (κ1) is 26.6. The van der Waals surface area contributed by atoms with Crippen molar-refractivity contribution < 1.29 is 0 Å². The van der Waals surface area contributed by atoms with E-state index < -0.39 is 0 Å². The van der Waals surface area contributed by atoms with Gasteiger partial charge in [0.15, 0.2) is 0 Å². The van der Waals surface area contributed by atoms with Gasteiger partial charge in [-0.2, -0.15) is 0 Å². The fourth-order valence-electron chi connectivity index (χ4n) is 2.22. The lowest BCUT2D eigenvalue weighted by Gasteiger charge is -1.92. The Hall–Kier alpha value is -3.40. The van der Waals surface area contributed by atoms with Crippen molar-refractivity contribution in [3.8, 4) is 0 Å². The molecule has 168 valence electrons. The molecule has 0 aliphatic rings. The molecule has 0 bridgehead atoms. The van der Waals surface area contributed by atoms with E-state index in [4.69, 9.17) is 0 Å². The van der Waals surface area contributed by atoms with Crippen LogP contribution in [0, 0.1) is 55.4 Å². The van der Waals surface area contributed by atoms with E-state index in [-0.39, 0.29) is 0 Å². The molecule has 0 N–H and O–H groups in total. The molecule has 0 aliphatic carbocycles. The van der Waals surface area contributed by atoms with Crippen LogP contribution < -0.4 is 0 Å². The standard InChI is InChI=1S/4C7H9N/c2*1-6-3-4-8-5-7(6)2;2*1-6-4-3-5-8-7(6)2/h4*3-5H,1-2H3. The molecule has 4 heterocycles. The van der Waals surface area contributed by atoms with Gasteiger partial charge in [-0.05, 0) is 113 Å². The lowest BCUT2D eigenvalue weighted by molar-refractivity contribution is 1.15. The van der Waals surface area contributed by atoms with Crippen LogP contribution in [-0.4, -0.2) is 19.9 Å². The predicted octanol–water partition coefficient (Wildman–Crippen LogP) is 6.79. The second-order valence-electron chi connectivity index (χ2n) is 7.73. The summed E-state index contributed by atoms with van der Waals surface area (Å²) >= 11 is 0. The molecule has 32 heavy (non-hydrogen) atoms. The maximum absolute atomic E-state index is 4.08. The summed E-state index contributed by atoms with van der Waals surface area (Å²) in [6.07, 6.45) is 11.0. The van der Waals surface area contributed by atoms with E-state index in [1.807, 2.05) is 75.3 Å². The van der Waals surface area contributed by atoms with Crippen molar-refractivity contribution in [1.82, 2.24) is 19.9 Å². The van der Waals surface area contributed by atoms with Crippen LogP contribution in [0.5, 0.6) is 0 Å². The Bertz CT molecular complexity index is 816. The van der Waals surface area contributed by atoms with Crippen LogP contribution in [0.1, 0.15) is 44.8 Å². The Morgan fingerprint density at radius 1 is 0.406 bits per heavy atom. The van der Waals surface area contributed by atoms with Crippen LogP contribution >= 0.6 is 0 Å². The van der Waals surface area contributed by atoms with Gasteiger partial charge in [-0.15, -0.1) is 0 Å². The first-order valence-corrected chi connectivity index (χ1v) is 10.7. The van der Waals surface area contributed by atoms with Gasteiger partial charge in [-0.25, -0.2) is 0 Å². The molecule has 0 radical (unpaired) electrons. The second-order valence-corrected chi connectivity index (χ2v) is 7.73. The van der Waals surface area contributed by atoms with Gasteiger partial charge in [-0.3, -0.25) is 19.9 Å². The highest BCUT2D eigenvalue weighted by Crippen LogP contribution is 2.01. The van der Waals surface area contributed by atoms with Gasteiger partial charge < -0.3 is 0 Å². The lowest BCUT2D eigenvalue weighted by Crippen LogP contribution is -1.81. The van der Waals surface area contributed by atoms with Gasteiger partial charge >= 0.3 is 0 Å². The van der Waals surface area contributed by atoms with Crippen LogP contribution in [0.15, 0.2) is 73.6 Å². The Labute approximate surface area is 193 Å². The van der Waals surface area contributed by atoms with E-state index in [2.05, 4.69) is 73.6 Å². The van der Waals surface area contributed by atoms with E-state index in [0.29, 0.717) is 0 Å². The number of nitrogens with zero attached hydrogens (tertiary/aromatic N) is 4. The highest BCUT2D eigenvalue weighted by Gasteiger charge is 1.87. The monoisotopic (exact) mass is 428 g/mol. The molecule has 0 atom stereocenters. The highest BCUT2D eigenvalue weighted by atomic mass is 14.7. The third kappa shape index (κ3) is 10.6. The SMILES string of the molecule is Cc1cccnc1C.Cc1cccnc1C.Cc1ccncc1C.Cc1ccncc1C. The van der Waals surface area contributed by atoms with Gasteiger partial charge in [0.1, 0.15) is 0 Å². The van der Waals surface area contributed by atoms with Crippen molar-refractivity contribution in [2.75, 3.05) is 0 Å². The molecule has 4 rings (SSSR count). The molecule has 0 aromatic carbocycles. The molecule has 0 saturated heterocycles. The molecular weight excluding hydrogens is 392 g/mol. The zero-order chi connectivity index (χ0) is 23.9. The van der Waals surface area contributed by atoms with Crippen molar-refractivity contribution in [2.45, 2.75) is 55.4 Å². The summed E-state index contributed by atoms with van der Waals surface area (Å²) < 4.78 is 0. The third-order valence-electron chi connectivity index (χ3n) is 5.14. The Balaban J connectivity index is 0.000000213. The minimum Gasteiger partial charge on any atom is -0.264 e. The zero-order valence-electron chi connectivity index (χ0n) is 20.7. The first-order valence-electron chi connectivity index (χ1n) is 10.7. The molecule has 4 nitrogen and oxygen atoms in total. The fourth-order valence-corrected chi connectivity index (χ4v) is 2.22. The summed E-state index contributed by atoms with van der Waals surface area (Å²) in [5.41, 5.74) is 9.88. The number of hydrogen-bond donors (Lipinski definition) is 0. The summed E-state index contributed by atoms with van der Waals surface area (Å²) in [6, 6.07) is 12.0. The van der Waals surface area contributed by atoms with Crippen LogP contribution in [0.25, 0.3) is 0 Å². The smallest absolute Gasteiger partial charge is 0.0401 e. The summed E-state index contributed by atoms with van der Waals surface area (Å²) in [7, 11) is 0.